The van der Waals surface area contributed by atoms with Gasteiger partial charge >= 0.3 is 0 Å². The Hall–Kier alpha value is -3.29. The summed E-state index contributed by atoms with van der Waals surface area (Å²) in [6.45, 7) is 3.40. The van der Waals surface area contributed by atoms with Crippen molar-refractivity contribution in [2.75, 3.05) is 13.6 Å². The molecule has 148 valence electrons. The van der Waals surface area contributed by atoms with Gasteiger partial charge in [-0.1, -0.05) is 12.1 Å². The van der Waals surface area contributed by atoms with Crippen molar-refractivity contribution >= 4 is 17.7 Å². The molecule has 0 aliphatic rings. The first-order valence-electron chi connectivity index (χ1n) is 8.54. The van der Waals surface area contributed by atoms with E-state index in [1.54, 1.807) is 18.2 Å². The molecule has 0 saturated carbocycles. The second-order valence-electron chi connectivity index (χ2n) is 6.27. The zero-order valence-electron chi connectivity index (χ0n) is 15.7. The smallest absolute Gasteiger partial charge is 0.251 e. The molecule has 0 aliphatic carbocycles. The third-order valence-electron chi connectivity index (χ3n) is 4.27. The molecule has 0 heterocycles. The highest BCUT2D eigenvalue weighted by atomic mass is 19.2. The topological polar surface area (TPSA) is 87.3 Å². The van der Waals surface area contributed by atoms with Gasteiger partial charge in [0.25, 0.3) is 5.91 Å². The molecule has 0 spiro atoms. The predicted octanol–water partition coefficient (Wildman–Crippen LogP) is 1.91. The van der Waals surface area contributed by atoms with Crippen molar-refractivity contribution in [2.24, 2.45) is 0 Å². The summed E-state index contributed by atoms with van der Waals surface area (Å²) < 4.78 is 26.6. The van der Waals surface area contributed by atoms with E-state index in [0.29, 0.717) is 5.56 Å². The van der Waals surface area contributed by atoms with Gasteiger partial charge in [-0.25, -0.2) is 8.78 Å². The lowest BCUT2D eigenvalue weighted by Crippen LogP contribution is -2.43. The van der Waals surface area contributed by atoms with Crippen LogP contribution in [0.15, 0.2) is 36.4 Å². The molecule has 0 radical (unpaired) electrons. The Labute approximate surface area is 161 Å². The normalized spacial score (nSPS) is 11.5. The van der Waals surface area contributed by atoms with Crippen LogP contribution in [0.3, 0.4) is 0 Å². The molecule has 28 heavy (non-hydrogen) atoms. The molecule has 2 rings (SSSR count). The van der Waals surface area contributed by atoms with Crippen molar-refractivity contribution < 1.29 is 23.2 Å². The molecule has 6 nitrogen and oxygen atoms in total. The van der Waals surface area contributed by atoms with Crippen LogP contribution in [0.5, 0.6) is 0 Å². The molecular weight excluding hydrogens is 368 g/mol. The van der Waals surface area contributed by atoms with E-state index < -0.39 is 35.4 Å². The minimum absolute atomic E-state index is 0.0760. The zero-order chi connectivity index (χ0) is 20.8. The second-order valence-corrected chi connectivity index (χ2v) is 6.27. The number of aryl methyl sites for hydroxylation is 2. The Morgan fingerprint density at radius 2 is 1.68 bits per heavy atom. The number of hydrogen-bond donors (Lipinski definition) is 3. The fourth-order valence-electron chi connectivity index (χ4n) is 2.49. The van der Waals surface area contributed by atoms with Gasteiger partial charge in [-0.05, 0) is 54.8 Å². The quantitative estimate of drug-likeness (QED) is 0.705. The van der Waals surface area contributed by atoms with E-state index in [2.05, 4.69) is 16.0 Å². The van der Waals surface area contributed by atoms with E-state index in [9.17, 15) is 23.2 Å². The SMILES string of the molecule is CNC(=O)C(NC(=O)CNC(=O)c1ccc(C)c(C)c1)c1ccc(F)c(F)c1. The molecule has 2 aromatic rings. The maximum absolute atomic E-state index is 13.5. The van der Waals surface area contributed by atoms with Gasteiger partial charge in [0.1, 0.15) is 6.04 Å². The summed E-state index contributed by atoms with van der Waals surface area (Å²) in [6.07, 6.45) is 0. The molecule has 3 amide bonds. The summed E-state index contributed by atoms with van der Waals surface area (Å²) >= 11 is 0. The van der Waals surface area contributed by atoms with Gasteiger partial charge in [0, 0.05) is 12.6 Å². The average molecular weight is 389 g/mol. The molecule has 0 bridgehead atoms. The van der Waals surface area contributed by atoms with Crippen LogP contribution in [0.4, 0.5) is 8.78 Å². The van der Waals surface area contributed by atoms with Crippen molar-refractivity contribution in [2.45, 2.75) is 19.9 Å². The van der Waals surface area contributed by atoms with E-state index in [0.717, 1.165) is 23.3 Å². The third-order valence-corrected chi connectivity index (χ3v) is 4.27. The molecule has 8 heteroatoms. The lowest BCUT2D eigenvalue weighted by molar-refractivity contribution is -0.128. The summed E-state index contributed by atoms with van der Waals surface area (Å²) in [5.41, 5.74) is 2.45. The molecule has 1 unspecified atom stereocenters. The van der Waals surface area contributed by atoms with E-state index in [4.69, 9.17) is 0 Å². The van der Waals surface area contributed by atoms with Gasteiger partial charge in [0.2, 0.25) is 11.8 Å². The highest BCUT2D eigenvalue weighted by Crippen LogP contribution is 2.17. The van der Waals surface area contributed by atoms with Crippen molar-refractivity contribution in [1.82, 2.24) is 16.0 Å². The number of halogens is 2. The maximum atomic E-state index is 13.5. The second kappa shape index (κ2) is 9.07. The average Bonchev–Trinajstić information content (AvgIpc) is 2.68. The van der Waals surface area contributed by atoms with Crippen LogP contribution in [0.2, 0.25) is 0 Å². The van der Waals surface area contributed by atoms with E-state index >= 15 is 0 Å². The van der Waals surface area contributed by atoms with Crippen LogP contribution in [-0.2, 0) is 9.59 Å². The fourth-order valence-corrected chi connectivity index (χ4v) is 2.49. The first-order valence-corrected chi connectivity index (χ1v) is 8.54. The molecule has 0 saturated heterocycles. The van der Waals surface area contributed by atoms with Crippen molar-refractivity contribution in [1.29, 1.82) is 0 Å². The first-order chi connectivity index (χ1) is 13.2. The summed E-state index contributed by atoms with van der Waals surface area (Å²) in [7, 11) is 1.35. The largest absolute Gasteiger partial charge is 0.357 e. The van der Waals surface area contributed by atoms with Crippen LogP contribution in [0.1, 0.15) is 33.1 Å². The van der Waals surface area contributed by atoms with Crippen LogP contribution in [0, 0.1) is 25.5 Å². The standard InChI is InChI=1S/C20H21F2N3O3/c1-11-4-5-14(8-12(11)2)19(27)24-10-17(26)25-18(20(28)23-3)13-6-7-15(21)16(22)9-13/h4-9,18H,10H2,1-3H3,(H,23,28)(H,24,27)(H,25,26). The maximum Gasteiger partial charge on any atom is 0.251 e. The van der Waals surface area contributed by atoms with Crippen molar-refractivity contribution in [3.63, 3.8) is 0 Å². The summed E-state index contributed by atoms with van der Waals surface area (Å²) in [6, 6.07) is 6.83. The third kappa shape index (κ3) is 5.12. The van der Waals surface area contributed by atoms with Crippen molar-refractivity contribution in [3.8, 4) is 0 Å². The number of benzene rings is 2. The molecule has 2 aromatic carbocycles. The Kier molecular flexibility index (Phi) is 6.81. The highest BCUT2D eigenvalue weighted by Gasteiger charge is 2.23. The zero-order valence-corrected chi connectivity index (χ0v) is 15.7. The summed E-state index contributed by atoms with van der Waals surface area (Å²) in [5, 5.41) is 7.21. The Morgan fingerprint density at radius 3 is 2.29 bits per heavy atom. The van der Waals surface area contributed by atoms with Gasteiger partial charge in [-0.3, -0.25) is 14.4 Å². The molecule has 0 fully saturated rings. The van der Waals surface area contributed by atoms with E-state index in [1.807, 2.05) is 13.8 Å². The van der Waals surface area contributed by atoms with Gasteiger partial charge < -0.3 is 16.0 Å². The molecule has 1 atom stereocenters. The van der Waals surface area contributed by atoms with Crippen LogP contribution >= 0.6 is 0 Å². The van der Waals surface area contributed by atoms with Gasteiger partial charge in [-0.2, -0.15) is 0 Å². The Morgan fingerprint density at radius 1 is 0.964 bits per heavy atom. The predicted molar refractivity (Wildman–Crippen MR) is 99.6 cm³/mol. The lowest BCUT2D eigenvalue weighted by atomic mass is 10.1. The molecular formula is C20H21F2N3O3. The van der Waals surface area contributed by atoms with Gasteiger partial charge in [-0.15, -0.1) is 0 Å². The Balaban J connectivity index is 2.05. The van der Waals surface area contributed by atoms with E-state index in [1.165, 1.54) is 13.1 Å². The van der Waals surface area contributed by atoms with E-state index in [-0.39, 0.29) is 12.1 Å². The fraction of sp³-hybridized carbons (Fsp3) is 0.250. The Bertz CT molecular complexity index is 916. The molecule has 0 aromatic heterocycles. The number of carbonyl (C=O) groups excluding carboxylic acids is 3. The first kappa shape index (κ1) is 21.0. The van der Waals surface area contributed by atoms with Crippen LogP contribution in [0.25, 0.3) is 0 Å². The number of amides is 3. The number of nitrogens with one attached hydrogen (secondary N) is 3. The minimum atomic E-state index is -1.23. The van der Waals surface area contributed by atoms with Crippen LogP contribution < -0.4 is 16.0 Å². The van der Waals surface area contributed by atoms with Gasteiger partial charge in [0.15, 0.2) is 11.6 Å². The number of hydrogen-bond acceptors (Lipinski definition) is 3. The van der Waals surface area contributed by atoms with Gasteiger partial charge in [0.05, 0.1) is 6.54 Å². The lowest BCUT2D eigenvalue weighted by Gasteiger charge is -2.18. The number of rotatable bonds is 6. The van der Waals surface area contributed by atoms with Crippen molar-refractivity contribution in [3.05, 3.63) is 70.3 Å². The summed E-state index contributed by atoms with van der Waals surface area (Å²) in [4.78, 5) is 36.4. The molecule has 3 N–H and O–H groups in total. The summed E-state index contributed by atoms with van der Waals surface area (Å²) in [5.74, 6) is -3.91. The number of likely N-dealkylation sites (N-methyl/N-ethyl adjacent to an activating group) is 1. The van der Waals surface area contributed by atoms with Crippen LogP contribution in [-0.4, -0.2) is 31.3 Å². The molecule has 0 aliphatic heterocycles. The highest BCUT2D eigenvalue weighted by molar-refractivity contribution is 5.97. The number of carbonyl (C=O) groups is 3. The minimum Gasteiger partial charge on any atom is -0.357 e. The monoisotopic (exact) mass is 389 g/mol.